The van der Waals surface area contributed by atoms with Crippen LogP contribution in [0.1, 0.15) is 66.1 Å². The minimum atomic E-state index is -0.544. The van der Waals surface area contributed by atoms with Crippen molar-refractivity contribution >= 4 is 17.7 Å². The number of fused-ring (bicyclic) bond motifs is 1. The average molecular weight is 341 g/mol. The average Bonchev–Trinajstić information content (AvgIpc) is 2.78. The van der Waals surface area contributed by atoms with E-state index in [2.05, 4.69) is 16.7 Å². The van der Waals surface area contributed by atoms with Gasteiger partial charge in [0.1, 0.15) is 6.04 Å². The number of nitrogens with zero attached hydrogens (tertiary/aromatic N) is 1. The van der Waals surface area contributed by atoms with Gasteiger partial charge in [0.2, 0.25) is 11.8 Å². The molecule has 4 rings (SSSR count). The molecule has 3 aliphatic heterocycles. The number of amides is 3. The van der Waals surface area contributed by atoms with Crippen molar-refractivity contribution in [2.24, 2.45) is 0 Å². The van der Waals surface area contributed by atoms with E-state index < -0.39 is 6.04 Å². The fourth-order valence-corrected chi connectivity index (χ4v) is 4.12. The third-order valence-corrected chi connectivity index (χ3v) is 5.51. The summed E-state index contributed by atoms with van der Waals surface area (Å²) in [6.45, 7) is 1.48. The van der Waals surface area contributed by atoms with Crippen LogP contribution in [-0.4, -0.2) is 35.2 Å². The van der Waals surface area contributed by atoms with E-state index in [0.717, 1.165) is 18.5 Å². The van der Waals surface area contributed by atoms with Crippen molar-refractivity contribution in [1.82, 2.24) is 15.5 Å². The van der Waals surface area contributed by atoms with Crippen LogP contribution < -0.4 is 10.6 Å². The lowest BCUT2D eigenvalue weighted by Gasteiger charge is -2.29. The van der Waals surface area contributed by atoms with Crippen LogP contribution in [0.5, 0.6) is 0 Å². The van der Waals surface area contributed by atoms with Crippen LogP contribution in [-0.2, 0) is 16.1 Å². The first-order valence-corrected chi connectivity index (χ1v) is 9.14. The second kappa shape index (κ2) is 6.59. The monoisotopic (exact) mass is 341 g/mol. The molecule has 2 N–H and O–H groups in total. The number of hydrogen-bond acceptors (Lipinski definition) is 4. The largest absolute Gasteiger partial charge is 0.322 e. The third-order valence-electron chi connectivity index (χ3n) is 5.51. The molecule has 0 aliphatic carbocycles. The number of nitrogens with one attached hydrogen (secondary N) is 2. The molecule has 2 saturated heterocycles. The standard InChI is InChI=1S/C19H23N3O3/c23-17-8-7-16(18(24)21-17)22-11-13-10-12(5-6-14(13)19(22)25)15-4-2-1-3-9-20-15/h5-6,10,15-16,20H,1-4,7-9,11H2,(H,21,23,24). The molecule has 2 atom stereocenters. The van der Waals surface area contributed by atoms with Gasteiger partial charge in [-0.25, -0.2) is 0 Å². The van der Waals surface area contributed by atoms with Crippen LogP contribution >= 0.6 is 0 Å². The Hall–Kier alpha value is -2.21. The van der Waals surface area contributed by atoms with Crippen molar-refractivity contribution in [3.8, 4) is 0 Å². The van der Waals surface area contributed by atoms with Crippen molar-refractivity contribution in [1.29, 1.82) is 0 Å². The van der Waals surface area contributed by atoms with Crippen molar-refractivity contribution in [2.45, 2.75) is 57.2 Å². The van der Waals surface area contributed by atoms with Gasteiger partial charge < -0.3 is 10.2 Å². The van der Waals surface area contributed by atoms with Crippen LogP contribution in [0, 0.1) is 0 Å². The fourth-order valence-electron chi connectivity index (χ4n) is 4.12. The zero-order chi connectivity index (χ0) is 17.4. The summed E-state index contributed by atoms with van der Waals surface area (Å²) in [6.07, 6.45) is 5.49. The van der Waals surface area contributed by atoms with E-state index in [9.17, 15) is 14.4 Å². The molecule has 3 amide bonds. The number of carbonyl (C=O) groups is 3. The van der Waals surface area contributed by atoms with Gasteiger partial charge in [0.15, 0.2) is 0 Å². The Morgan fingerprint density at radius 2 is 1.92 bits per heavy atom. The van der Waals surface area contributed by atoms with E-state index >= 15 is 0 Å². The van der Waals surface area contributed by atoms with Crippen LogP contribution in [0.2, 0.25) is 0 Å². The summed E-state index contributed by atoms with van der Waals surface area (Å²) >= 11 is 0. The first-order valence-electron chi connectivity index (χ1n) is 9.14. The van der Waals surface area contributed by atoms with E-state index in [4.69, 9.17) is 0 Å². The zero-order valence-corrected chi connectivity index (χ0v) is 14.2. The van der Waals surface area contributed by atoms with E-state index in [1.807, 2.05) is 12.1 Å². The van der Waals surface area contributed by atoms with Gasteiger partial charge in [-0.15, -0.1) is 0 Å². The number of piperidine rings is 1. The fraction of sp³-hybridized carbons (Fsp3) is 0.526. The molecule has 25 heavy (non-hydrogen) atoms. The maximum Gasteiger partial charge on any atom is 0.255 e. The van der Waals surface area contributed by atoms with Crippen molar-refractivity contribution in [3.63, 3.8) is 0 Å². The minimum absolute atomic E-state index is 0.107. The summed E-state index contributed by atoms with van der Waals surface area (Å²) in [7, 11) is 0. The van der Waals surface area contributed by atoms with Gasteiger partial charge >= 0.3 is 0 Å². The second-order valence-electron chi connectivity index (χ2n) is 7.17. The molecule has 0 spiro atoms. The highest BCUT2D eigenvalue weighted by atomic mass is 16.2. The Morgan fingerprint density at radius 1 is 1.04 bits per heavy atom. The Bertz CT molecular complexity index is 723. The molecular formula is C19H23N3O3. The van der Waals surface area contributed by atoms with Gasteiger partial charge in [0.25, 0.3) is 5.91 Å². The molecule has 1 aromatic carbocycles. The maximum absolute atomic E-state index is 12.7. The predicted octanol–water partition coefficient (Wildman–Crippen LogP) is 1.65. The summed E-state index contributed by atoms with van der Waals surface area (Å²) in [6, 6.07) is 5.84. The SMILES string of the molecule is O=C1CCC(N2Cc3cc(C4CCCCCN4)ccc3C2=O)C(=O)N1. The van der Waals surface area contributed by atoms with Crippen molar-refractivity contribution < 1.29 is 14.4 Å². The van der Waals surface area contributed by atoms with Crippen molar-refractivity contribution in [3.05, 3.63) is 34.9 Å². The lowest BCUT2D eigenvalue weighted by molar-refractivity contribution is -0.136. The van der Waals surface area contributed by atoms with Gasteiger partial charge in [-0.1, -0.05) is 25.0 Å². The van der Waals surface area contributed by atoms with Crippen molar-refractivity contribution in [2.75, 3.05) is 6.54 Å². The number of rotatable bonds is 2. The Kier molecular flexibility index (Phi) is 4.29. The highest BCUT2D eigenvalue weighted by molar-refractivity contribution is 6.05. The number of benzene rings is 1. The molecule has 0 aromatic heterocycles. The summed E-state index contributed by atoms with van der Waals surface area (Å²) in [4.78, 5) is 37.8. The highest BCUT2D eigenvalue weighted by Crippen LogP contribution is 2.31. The summed E-state index contributed by atoms with van der Waals surface area (Å²) in [5.41, 5.74) is 2.89. The Morgan fingerprint density at radius 3 is 2.76 bits per heavy atom. The predicted molar refractivity (Wildman–Crippen MR) is 91.7 cm³/mol. The molecule has 132 valence electrons. The molecule has 3 aliphatic rings. The molecule has 0 radical (unpaired) electrons. The van der Waals surface area contributed by atoms with Crippen LogP contribution in [0.4, 0.5) is 0 Å². The normalized spacial score (nSPS) is 27.0. The van der Waals surface area contributed by atoms with Gasteiger partial charge in [-0.05, 0) is 43.0 Å². The smallest absolute Gasteiger partial charge is 0.255 e. The molecule has 6 nitrogen and oxygen atoms in total. The highest BCUT2D eigenvalue weighted by Gasteiger charge is 2.39. The minimum Gasteiger partial charge on any atom is -0.322 e. The quantitative estimate of drug-likeness (QED) is 0.802. The lowest BCUT2D eigenvalue weighted by Crippen LogP contribution is -2.52. The first kappa shape index (κ1) is 16.3. The topological polar surface area (TPSA) is 78.5 Å². The summed E-state index contributed by atoms with van der Waals surface area (Å²) < 4.78 is 0. The summed E-state index contributed by atoms with van der Waals surface area (Å²) in [5, 5.41) is 5.93. The van der Waals surface area contributed by atoms with Gasteiger partial charge in [0, 0.05) is 24.6 Å². The molecular weight excluding hydrogens is 318 g/mol. The van der Waals surface area contributed by atoms with E-state index in [-0.39, 0.29) is 24.1 Å². The molecule has 0 bridgehead atoms. The molecule has 3 heterocycles. The number of hydrogen-bond donors (Lipinski definition) is 2. The van der Waals surface area contributed by atoms with Gasteiger partial charge in [0.05, 0.1) is 0 Å². The van der Waals surface area contributed by atoms with E-state index in [0.29, 0.717) is 24.6 Å². The van der Waals surface area contributed by atoms with Gasteiger partial charge in [-0.3, -0.25) is 19.7 Å². The lowest BCUT2D eigenvalue weighted by atomic mass is 9.98. The number of imide groups is 1. The molecule has 2 fully saturated rings. The van der Waals surface area contributed by atoms with Crippen LogP contribution in [0.25, 0.3) is 0 Å². The second-order valence-corrected chi connectivity index (χ2v) is 7.17. The number of carbonyl (C=O) groups excluding carboxylic acids is 3. The summed E-state index contributed by atoms with van der Waals surface area (Å²) in [5.74, 6) is -0.722. The van der Waals surface area contributed by atoms with E-state index in [1.54, 1.807) is 4.90 Å². The molecule has 1 aromatic rings. The Balaban J connectivity index is 1.54. The molecule has 6 heteroatoms. The van der Waals surface area contributed by atoms with Crippen LogP contribution in [0.15, 0.2) is 18.2 Å². The van der Waals surface area contributed by atoms with Crippen LogP contribution in [0.3, 0.4) is 0 Å². The maximum atomic E-state index is 12.7. The zero-order valence-electron chi connectivity index (χ0n) is 14.2. The first-order chi connectivity index (χ1) is 12.1. The van der Waals surface area contributed by atoms with E-state index in [1.165, 1.54) is 24.8 Å². The van der Waals surface area contributed by atoms with Gasteiger partial charge in [-0.2, -0.15) is 0 Å². The molecule has 2 unspecified atom stereocenters. The third kappa shape index (κ3) is 3.06. The Labute approximate surface area is 147 Å². The molecule has 0 saturated carbocycles.